The quantitative estimate of drug-likeness (QED) is 0.841. The molecule has 0 atom stereocenters. The van der Waals surface area contributed by atoms with Crippen LogP contribution in [0, 0.1) is 5.92 Å². The zero-order chi connectivity index (χ0) is 17.2. The molecule has 0 bridgehead atoms. The lowest BCUT2D eigenvalue weighted by Crippen LogP contribution is -2.36. The molecule has 2 aliphatic heterocycles. The molecular weight excluding hydrogens is 336 g/mol. The van der Waals surface area contributed by atoms with Gasteiger partial charge in [-0.15, -0.1) is 10.2 Å². The first-order valence-corrected chi connectivity index (χ1v) is 9.22. The van der Waals surface area contributed by atoms with Gasteiger partial charge < -0.3 is 9.30 Å². The molecule has 0 aliphatic carbocycles. The predicted molar refractivity (Wildman–Crippen MR) is 98.8 cm³/mol. The van der Waals surface area contributed by atoms with Crippen molar-refractivity contribution in [2.75, 3.05) is 26.2 Å². The van der Waals surface area contributed by atoms with Gasteiger partial charge in [-0.1, -0.05) is 11.6 Å². The van der Waals surface area contributed by atoms with Crippen molar-refractivity contribution < 1.29 is 4.74 Å². The second-order valence-corrected chi connectivity index (χ2v) is 7.49. The van der Waals surface area contributed by atoms with E-state index in [9.17, 15) is 0 Å². The number of fused-ring (bicyclic) bond motifs is 1. The maximum absolute atomic E-state index is 6.10. The third-order valence-corrected chi connectivity index (χ3v) is 5.39. The standard InChI is InChI=1S/C19H23ClN4O/c1-23-13-21-22-19(23)9-14-4-6-24(7-5-14)11-15-8-16-10-17(20)2-3-18(16)25-12-15/h2-3,8,10,13-14H,4-7,9,11-12H2,1H3. The van der Waals surface area contributed by atoms with Crippen LogP contribution in [0.15, 0.2) is 30.1 Å². The molecule has 5 nitrogen and oxygen atoms in total. The molecule has 3 heterocycles. The highest BCUT2D eigenvalue weighted by Crippen LogP contribution is 2.30. The molecule has 0 saturated carbocycles. The van der Waals surface area contributed by atoms with Gasteiger partial charge in [-0.2, -0.15) is 0 Å². The Balaban J connectivity index is 1.32. The Morgan fingerprint density at radius 2 is 2.12 bits per heavy atom. The summed E-state index contributed by atoms with van der Waals surface area (Å²) in [6.45, 7) is 3.90. The first-order valence-electron chi connectivity index (χ1n) is 8.84. The summed E-state index contributed by atoms with van der Waals surface area (Å²) in [5.74, 6) is 2.72. The summed E-state index contributed by atoms with van der Waals surface area (Å²) in [6.07, 6.45) is 7.47. The topological polar surface area (TPSA) is 43.2 Å². The van der Waals surface area contributed by atoms with E-state index in [-0.39, 0.29) is 0 Å². The van der Waals surface area contributed by atoms with Crippen molar-refractivity contribution in [3.8, 4) is 5.75 Å². The van der Waals surface area contributed by atoms with E-state index in [4.69, 9.17) is 16.3 Å². The number of halogens is 1. The zero-order valence-electron chi connectivity index (χ0n) is 14.5. The summed E-state index contributed by atoms with van der Waals surface area (Å²) in [5.41, 5.74) is 2.41. The number of benzene rings is 1. The van der Waals surface area contributed by atoms with Gasteiger partial charge in [-0.25, -0.2) is 0 Å². The third kappa shape index (κ3) is 3.88. The smallest absolute Gasteiger partial charge is 0.132 e. The van der Waals surface area contributed by atoms with Crippen LogP contribution in [0.5, 0.6) is 5.75 Å². The Hall–Kier alpha value is -1.85. The Labute approximate surface area is 153 Å². The predicted octanol–water partition coefficient (Wildman–Crippen LogP) is 3.20. The van der Waals surface area contributed by atoms with Gasteiger partial charge in [0.2, 0.25) is 0 Å². The number of ether oxygens (including phenoxy) is 1. The van der Waals surface area contributed by atoms with Crippen molar-refractivity contribution in [3.63, 3.8) is 0 Å². The average molecular weight is 359 g/mol. The Morgan fingerprint density at radius 3 is 2.88 bits per heavy atom. The lowest BCUT2D eigenvalue weighted by Gasteiger charge is -2.33. The first kappa shape index (κ1) is 16.6. The largest absolute Gasteiger partial charge is 0.489 e. The molecule has 0 unspecified atom stereocenters. The van der Waals surface area contributed by atoms with Crippen LogP contribution in [-0.2, 0) is 13.5 Å². The van der Waals surface area contributed by atoms with Gasteiger partial charge in [0.05, 0.1) is 0 Å². The van der Waals surface area contributed by atoms with Gasteiger partial charge in [-0.3, -0.25) is 4.90 Å². The minimum atomic E-state index is 0.674. The number of rotatable bonds is 4. The van der Waals surface area contributed by atoms with Crippen LogP contribution in [0.25, 0.3) is 6.08 Å². The Kier molecular flexibility index (Phi) is 4.77. The molecule has 0 amide bonds. The number of hydrogen-bond acceptors (Lipinski definition) is 4. The van der Waals surface area contributed by atoms with E-state index < -0.39 is 0 Å². The molecule has 0 radical (unpaired) electrons. The normalized spacial score (nSPS) is 18.6. The molecule has 0 N–H and O–H groups in total. The molecular formula is C19H23ClN4O. The minimum absolute atomic E-state index is 0.674. The van der Waals surface area contributed by atoms with E-state index >= 15 is 0 Å². The second kappa shape index (κ2) is 7.18. The summed E-state index contributed by atoms with van der Waals surface area (Å²) in [5, 5.41) is 8.94. The van der Waals surface area contributed by atoms with Gasteiger partial charge >= 0.3 is 0 Å². The zero-order valence-corrected chi connectivity index (χ0v) is 15.2. The monoisotopic (exact) mass is 358 g/mol. The first-order chi connectivity index (χ1) is 12.2. The number of likely N-dealkylation sites (tertiary alicyclic amines) is 1. The molecule has 1 aromatic carbocycles. The SMILES string of the molecule is Cn1cnnc1CC1CCN(CC2=Cc3cc(Cl)ccc3OC2)CC1. The van der Waals surface area contributed by atoms with Gasteiger partial charge in [0.1, 0.15) is 24.5 Å². The van der Waals surface area contributed by atoms with Crippen LogP contribution in [0.4, 0.5) is 0 Å². The van der Waals surface area contributed by atoms with Crippen LogP contribution in [0.2, 0.25) is 5.02 Å². The number of aryl methyl sites for hydroxylation is 1. The lowest BCUT2D eigenvalue weighted by molar-refractivity contribution is 0.189. The molecule has 6 heteroatoms. The molecule has 2 aliphatic rings. The van der Waals surface area contributed by atoms with Crippen LogP contribution in [0.1, 0.15) is 24.2 Å². The molecule has 25 heavy (non-hydrogen) atoms. The fraction of sp³-hybridized carbons (Fsp3) is 0.474. The summed E-state index contributed by atoms with van der Waals surface area (Å²) >= 11 is 6.10. The van der Waals surface area contributed by atoms with E-state index in [1.54, 1.807) is 6.33 Å². The van der Waals surface area contributed by atoms with Crippen molar-refractivity contribution in [2.45, 2.75) is 19.3 Å². The fourth-order valence-corrected chi connectivity index (χ4v) is 3.85. The van der Waals surface area contributed by atoms with Crippen molar-refractivity contribution >= 4 is 17.7 Å². The van der Waals surface area contributed by atoms with Crippen molar-refractivity contribution in [1.29, 1.82) is 0 Å². The minimum Gasteiger partial charge on any atom is -0.489 e. The molecule has 2 aromatic rings. The van der Waals surface area contributed by atoms with Crippen LogP contribution >= 0.6 is 11.6 Å². The maximum Gasteiger partial charge on any atom is 0.132 e. The molecule has 1 aromatic heterocycles. The fourth-order valence-electron chi connectivity index (χ4n) is 3.67. The van der Waals surface area contributed by atoms with Gasteiger partial charge in [0, 0.05) is 30.6 Å². The number of piperidine rings is 1. The number of nitrogens with zero attached hydrogens (tertiary/aromatic N) is 4. The average Bonchev–Trinajstić information content (AvgIpc) is 3.01. The second-order valence-electron chi connectivity index (χ2n) is 7.06. The maximum atomic E-state index is 6.10. The molecule has 1 saturated heterocycles. The summed E-state index contributed by atoms with van der Waals surface area (Å²) < 4.78 is 7.89. The van der Waals surface area contributed by atoms with E-state index in [0.29, 0.717) is 12.5 Å². The summed E-state index contributed by atoms with van der Waals surface area (Å²) in [6, 6.07) is 5.80. The molecule has 0 spiro atoms. The Bertz CT molecular complexity index is 777. The van der Waals surface area contributed by atoms with Crippen molar-refractivity contribution in [3.05, 3.63) is 46.5 Å². The van der Waals surface area contributed by atoms with E-state index in [0.717, 1.165) is 48.2 Å². The molecule has 132 valence electrons. The van der Waals surface area contributed by atoms with Gasteiger partial charge in [-0.05, 0) is 61.7 Å². The van der Waals surface area contributed by atoms with Crippen LogP contribution < -0.4 is 4.74 Å². The number of aromatic nitrogens is 3. The Morgan fingerprint density at radius 1 is 1.28 bits per heavy atom. The number of hydrogen-bond donors (Lipinski definition) is 0. The summed E-state index contributed by atoms with van der Waals surface area (Å²) in [7, 11) is 2.02. The summed E-state index contributed by atoms with van der Waals surface area (Å²) in [4.78, 5) is 2.53. The highest BCUT2D eigenvalue weighted by molar-refractivity contribution is 6.30. The highest BCUT2D eigenvalue weighted by Gasteiger charge is 2.22. The molecule has 4 rings (SSSR count). The van der Waals surface area contributed by atoms with Gasteiger partial charge in [0.15, 0.2) is 0 Å². The van der Waals surface area contributed by atoms with Gasteiger partial charge in [0.25, 0.3) is 0 Å². The highest BCUT2D eigenvalue weighted by atomic mass is 35.5. The van der Waals surface area contributed by atoms with Crippen molar-refractivity contribution in [2.24, 2.45) is 13.0 Å². The van der Waals surface area contributed by atoms with E-state index in [1.807, 2.05) is 29.8 Å². The third-order valence-electron chi connectivity index (χ3n) is 5.15. The van der Waals surface area contributed by atoms with Crippen LogP contribution in [-0.4, -0.2) is 45.9 Å². The van der Waals surface area contributed by atoms with Crippen molar-refractivity contribution in [1.82, 2.24) is 19.7 Å². The van der Waals surface area contributed by atoms with E-state index in [2.05, 4.69) is 21.2 Å². The van der Waals surface area contributed by atoms with Crippen LogP contribution in [0.3, 0.4) is 0 Å². The lowest BCUT2D eigenvalue weighted by atomic mass is 9.93. The van der Waals surface area contributed by atoms with E-state index in [1.165, 1.54) is 18.4 Å². The molecule has 1 fully saturated rings.